The van der Waals surface area contributed by atoms with E-state index in [1.807, 2.05) is 24.4 Å². The number of nitrogens with one attached hydrogen (secondary N) is 1. The quantitative estimate of drug-likeness (QED) is 0.893. The summed E-state index contributed by atoms with van der Waals surface area (Å²) in [5, 5.41) is 7.21. The molecule has 1 aliphatic carbocycles. The first-order chi connectivity index (χ1) is 10.7. The zero-order chi connectivity index (χ0) is 15.4. The first kappa shape index (κ1) is 14.7. The SMILES string of the molecule is NC1CCCC(C(=O)NCc2cccnc2-n2cccn2)C1. The Hall–Kier alpha value is -2.21. The number of aromatic nitrogens is 3. The van der Waals surface area contributed by atoms with Gasteiger partial charge in [0.25, 0.3) is 0 Å². The number of carbonyl (C=O) groups excluding carboxylic acids is 1. The van der Waals surface area contributed by atoms with Gasteiger partial charge in [0.2, 0.25) is 5.91 Å². The third-order valence-electron chi connectivity index (χ3n) is 4.13. The van der Waals surface area contributed by atoms with Crippen molar-refractivity contribution in [3.05, 3.63) is 42.4 Å². The Morgan fingerprint density at radius 1 is 1.36 bits per heavy atom. The Kier molecular flexibility index (Phi) is 4.48. The Labute approximate surface area is 129 Å². The van der Waals surface area contributed by atoms with Gasteiger partial charge in [-0.05, 0) is 31.4 Å². The molecule has 3 N–H and O–H groups in total. The predicted molar refractivity (Wildman–Crippen MR) is 83.1 cm³/mol. The van der Waals surface area contributed by atoms with Gasteiger partial charge >= 0.3 is 0 Å². The average Bonchev–Trinajstić information content (AvgIpc) is 3.07. The second kappa shape index (κ2) is 6.70. The number of amides is 1. The van der Waals surface area contributed by atoms with E-state index in [9.17, 15) is 4.79 Å². The van der Waals surface area contributed by atoms with Crippen LogP contribution in [0.4, 0.5) is 0 Å². The number of rotatable bonds is 4. The lowest BCUT2D eigenvalue weighted by atomic mass is 9.85. The van der Waals surface area contributed by atoms with Crippen molar-refractivity contribution in [2.24, 2.45) is 11.7 Å². The van der Waals surface area contributed by atoms with Crippen molar-refractivity contribution < 1.29 is 4.79 Å². The molecule has 0 bridgehead atoms. The maximum absolute atomic E-state index is 12.3. The summed E-state index contributed by atoms with van der Waals surface area (Å²) in [5.74, 6) is 0.868. The molecule has 116 valence electrons. The molecule has 2 aromatic heterocycles. The van der Waals surface area contributed by atoms with E-state index in [0.29, 0.717) is 6.54 Å². The zero-order valence-electron chi connectivity index (χ0n) is 12.5. The monoisotopic (exact) mass is 299 g/mol. The van der Waals surface area contributed by atoms with Crippen LogP contribution in [0.3, 0.4) is 0 Å². The van der Waals surface area contributed by atoms with Gasteiger partial charge in [0.1, 0.15) is 0 Å². The molecule has 1 amide bonds. The van der Waals surface area contributed by atoms with Crippen molar-refractivity contribution in [2.75, 3.05) is 0 Å². The van der Waals surface area contributed by atoms with Crippen LogP contribution in [-0.4, -0.2) is 26.7 Å². The van der Waals surface area contributed by atoms with Crippen LogP contribution in [0, 0.1) is 5.92 Å². The van der Waals surface area contributed by atoms with Gasteiger partial charge in [-0.25, -0.2) is 9.67 Å². The van der Waals surface area contributed by atoms with Gasteiger partial charge in [-0.3, -0.25) is 4.79 Å². The van der Waals surface area contributed by atoms with Gasteiger partial charge in [-0.2, -0.15) is 5.10 Å². The van der Waals surface area contributed by atoms with Crippen LogP contribution in [0.2, 0.25) is 0 Å². The predicted octanol–water partition coefficient (Wildman–Crippen LogP) is 1.40. The summed E-state index contributed by atoms with van der Waals surface area (Å²) in [4.78, 5) is 16.7. The van der Waals surface area contributed by atoms with Gasteiger partial charge in [-0.15, -0.1) is 0 Å². The van der Waals surface area contributed by atoms with Crippen molar-refractivity contribution in [1.29, 1.82) is 0 Å². The van der Waals surface area contributed by atoms with E-state index in [1.54, 1.807) is 17.1 Å². The van der Waals surface area contributed by atoms with Crippen LogP contribution >= 0.6 is 0 Å². The molecule has 0 aliphatic heterocycles. The maximum atomic E-state index is 12.3. The van der Waals surface area contributed by atoms with E-state index in [4.69, 9.17) is 5.73 Å². The zero-order valence-corrected chi connectivity index (χ0v) is 12.5. The van der Waals surface area contributed by atoms with Crippen LogP contribution in [-0.2, 0) is 11.3 Å². The Balaban J connectivity index is 1.65. The van der Waals surface area contributed by atoms with E-state index >= 15 is 0 Å². The Morgan fingerprint density at radius 2 is 2.27 bits per heavy atom. The number of carbonyl (C=O) groups is 1. The molecule has 1 aliphatic rings. The number of hydrogen-bond acceptors (Lipinski definition) is 4. The molecule has 1 fully saturated rings. The largest absolute Gasteiger partial charge is 0.352 e. The highest BCUT2D eigenvalue weighted by Gasteiger charge is 2.25. The standard InChI is InChI=1S/C16H21N5O/c17-14-6-1-4-12(10-14)16(22)19-11-13-5-2-7-18-15(13)21-9-3-8-20-21/h2-3,5,7-9,12,14H,1,4,6,10-11,17H2,(H,19,22). The normalized spacial score (nSPS) is 21.5. The summed E-state index contributed by atoms with van der Waals surface area (Å²) < 4.78 is 1.71. The van der Waals surface area contributed by atoms with Crippen molar-refractivity contribution in [3.63, 3.8) is 0 Å². The van der Waals surface area contributed by atoms with Crippen molar-refractivity contribution in [2.45, 2.75) is 38.3 Å². The van der Waals surface area contributed by atoms with Gasteiger partial charge in [0.05, 0.1) is 0 Å². The molecule has 1 saturated carbocycles. The average molecular weight is 299 g/mol. The molecule has 0 radical (unpaired) electrons. The highest BCUT2D eigenvalue weighted by molar-refractivity contribution is 5.78. The molecule has 6 heteroatoms. The van der Waals surface area contributed by atoms with E-state index in [0.717, 1.165) is 37.1 Å². The highest BCUT2D eigenvalue weighted by Crippen LogP contribution is 2.23. The van der Waals surface area contributed by atoms with Gasteiger partial charge in [-0.1, -0.05) is 12.5 Å². The number of nitrogens with zero attached hydrogens (tertiary/aromatic N) is 3. The summed E-state index contributed by atoms with van der Waals surface area (Å²) in [6, 6.07) is 5.82. The van der Waals surface area contributed by atoms with E-state index in [2.05, 4.69) is 15.4 Å². The summed E-state index contributed by atoms with van der Waals surface area (Å²) in [6.45, 7) is 0.452. The smallest absolute Gasteiger partial charge is 0.223 e. The third-order valence-corrected chi connectivity index (χ3v) is 4.13. The molecule has 2 heterocycles. The third kappa shape index (κ3) is 3.33. The fourth-order valence-corrected chi connectivity index (χ4v) is 2.96. The fraction of sp³-hybridized carbons (Fsp3) is 0.438. The molecule has 0 aromatic carbocycles. The van der Waals surface area contributed by atoms with Crippen LogP contribution in [0.5, 0.6) is 0 Å². The minimum absolute atomic E-state index is 0.0357. The van der Waals surface area contributed by atoms with Crippen LogP contribution in [0.15, 0.2) is 36.8 Å². The van der Waals surface area contributed by atoms with Crippen molar-refractivity contribution in [3.8, 4) is 5.82 Å². The summed E-state index contributed by atoms with van der Waals surface area (Å²) in [5.41, 5.74) is 6.90. The lowest BCUT2D eigenvalue weighted by Crippen LogP contribution is -2.37. The summed E-state index contributed by atoms with van der Waals surface area (Å²) in [6.07, 6.45) is 9.04. The molecular formula is C16H21N5O. The van der Waals surface area contributed by atoms with E-state index < -0.39 is 0 Å². The van der Waals surface area contributed by atoms with Crippen LogP contribution in [0.25, 0.3) is 5.82 Å². The number of pyridine rings is 1. The van der Waals surface area contributed by atoms with Crippen LogP contribution < -0.4 is 11.1 Å². The topological polar surface area (TPSA) is 85.8 Å². The van der Waals surface area contributed by atoms with Crippen molar-refractivity contribution in [1.82, 2.24) is 20.1 Å². The van der Waals surface area contributed by atoms with Crippen LogP contribution in [0.1, 0.15) is 31.2 Å². The Bertz CT molecular complexity index is 625. The molecule has 6 nitrogen and oxygen atoms in total. The molecule has 0 saturated heterocycles. The molecule has 0 spiro atoms. The Morgan fingerprint density at radius 3 is 3.05 bits per heavy atom. The lowest BCUT2D eigenvalue weighted by molar-refractivity contribution is -0.126. The summed E-state index contributed by atoms with van der Waals surface area (Å²) in [7, 11) is 0. The molecule has 22 heavy (non-hydrogen) atoms. The fourth-order valence-electron chi connectivity index (χ4n) is 2.96. The van der Waals surface area contributed by atoms with E-state index in [-0.39, 0.29) is 17.9 Å². The molecule has 2 aromatic rings. The lowest BCUT2D eigenvalue weighted by Gasteiger charge is -2.25. The van der Waals surface area contributed by atoms with Gasteiger partial charge in [0, 0.05) is 42.7 Å². The number of hydrogen-bond donors (Lipinski definition) is 2. The molecular weight excluding hydrogens is 278 g/mol. The second-order valence-corrected chi connectivity index (χ2v) is 5.78. The first-order valence-corrected chi connectivity index (χ1v) is 7.71. The second-order valence-electron chi connectivity index (χ2n) is 5.78. The number of nitrogens with two attached hydrogens (primary N) is 1. The van der Waals surface area contributed by atoms with Crippen molar-refractivity contribution >= 4 is 5.91 Å². The highest BCUT2D eigenvalue weighted by atomic mass is 16.1. The van der Waals surface area contributed by atoms with E-state index in [1.165, 1.54) is 0 Å². The minimum atomic E-state index is 0.0357. The molecule has 3 rings (SSSR count). The van der Waals surface area contributed by atoms with Gasteiger partial charge in [0.15, 0.2) is 5.82 Å². The summed E-state index contributed by atoms with van der Waals surface area (Å²) >= 11 is 0. The molecule has 2 atom stereocenters. The first-order valence-electron chi connectivity index (χ1n) is 7.71. The van der Waals surface area contributed by atoms with Gasteiger partial charge < -0.3 is 11.1 Å². The maximum Gasteiger partial charge on any atom is 0.223 e. The minimum Gasteiger partial charge on any atom is -0.352 e. The molecule has 2 unspecified atom stereocenters.